The first-order valence-electron chi connectivity index (χ1n) is 9.45. The fourth-order valence-electron chi connectivity index (χ4n) is 3.94. The molecular formula is C22H19FN2O4. The molecule has 0 bridgehead atoms. The maximum atomic E-state index is 13.7. The van der Waals surface area contributed by atoms with Gasteiger partial charge in [0.2, 0.25) is 0 Å². The lowest BCUT2D eigenvalue weighted by molar-refractivity contribution is -0.144. The molecule has 2 aliphatic heterocycles. The Balaban J connectivity index is 1.44. The molecule has 6 nitrogen and oxygen atoms in total. The number of ether oxygens (including phenoxy) is 2. The average molecular weight is 394 g/mol. The van der Waals surface area contributed by atoms with Crippen LogP contribution in [0.3, 0.4) is 0 Å². The normalized spacial score (nSPS) is 20.6. The average Bonchev–Trinajstić information content (AvgIpc) is 3.31. The van der Waals surface area contributed by atoms with E-state index in [-0.39, 0.29) is 11.9 Å². The molecule has 0 saturated heterocycles. The van der Waals surface area contributed by atoms with Crippen LogP contribution in [0, 0.1) is 5.82 Å². The fourth-order valence-corrected chi connectivity index (χ4v) is 3.94. The Morgan fingerprint density at radius 2 is 2.07 bits per heavy atom. The second-order valence-electron chi connectivity index (χ2n) is 7.56. The molecule has 1 saturated carbocycles. The predicted molar refractivity (Wildman–Crippen MR) is 104 cm³/mol. The van der Waals surface area contributed by atoms with Crippen molar-refractivity contribution in [2.75, 3.05) is 12.4 Å². The molecule has 0 aromatic heterocycles. The fraction of sp³-hybridized carbons (Fsp3) is 0.273. The molecule has 148 valence electrons. The molecule has 29 heavy (non-hydrogen) atoms. The van der Waals surface area contributed by atoms with Crippen LogP contribution in [0.15, 0.2) is 36.4 Å². The standard InChI is InChI=1S/C22H19FN2O4/c1-28-21(27)22(6-7-22)24-10-12-2-4-15-13(8-12)11-29-19(15)18-16-9-14(23)3-5-17(16)25-20(18)26/h2-5,8-9,24H,6-7,10-11H2,1H3,(H,25,26)/b19-18+. The highest BCUT2D eigenvalue weighted by Crippen LogP contribution is 2.42. The number of benzene rings is 2. The molecule has 0 radical (unpaired) electrons. The first-order valence-corrected chi connectivity index (χ1v) is 9.45. The van der Waals surface area contributed by atoms with Crippen LogP contribution in [0.1, 0.15) is 35.1 Å². The number of hydrogen-bond donors (Lipinski definition) is 2. The topological polar surface area (TPSA) is 76.7 Å². The maximum absolute atomic E-state index is 13.7. The first-order chi connectivity index (χ1) is 14.0. The van der Waals surface area contributed by atoms with Gasteiger partial charge >= 0.3 is 5.97 Å². The molecule has 0 atom stereocenters. The predicted octanol–water partition coefficient (Wildman–Crippen LogP) is 2.97. The third-order valence-electron chi connectivity index (χ3n) is 5.70. The van der Waals surface area contributed by atoms with Gasteiger partial charge < -0.3 is 14.8 Å². The van der Waals surface area contributed by atoms with Gasteiger partial charge in [-0.3, -0.25) is 14.9 Å². The number of esters is 1. The lowest BCUT2D eigenvalue weighted by Crippen LogP contribution is -2.39. The molecule has 2 aromatic rings. The number of anilines is 1. The van der Waals surface area contributed by atoms with Gasteiger partial charge in [-0.15, -0.1) is 0 Å². The Morgan fingerprint density at radius 1 is 1.24 bits per heavy atom. The second-order valence-corrected chi connectivity index (χ2v) is 7.56. The van der Waals surface area contributed by atoms with E-state index >= 15 is 0 Å². The lowest BCUT2D eigenvalue weighted by Gasteiger charge is -2.15. The van der Waals surface area contributed by atoms with Crippen LogP contribution >= 0.6 is 0 Å². The summed E-state index contributed by atoms with van der Waals surface area (Å²) in [6, 6.07) is 10.1. The minimum atomic E-state index is -0.562. The van der Waals surface area contributed by atoms with Crippen molar-refractivity contribution in [2.24, 2.45) is 0 Å². The van der Waals surface area contributed by atoms with E-state index in [1.165, 1.54) is 19.2 Å². The Hall–Kier alpha value is -3.19. The van der Waals surface area contributed by atoms with Gasteiger partial charge in [-0.25, -0.2) is 4.39 Å². The number of rotatable bonds is 4. The van der Waals surface area contributed by atoms with Crippen molar-refractivity contribution >= 4 is 28.9 Å². The number of carbonyl (C=O) groups excluding carboxylic acids is 2. The van der Waals surface area contributed by atoms with Gasteiger partial charge in [0.15, 0.2) is 0 Å². The molecule has 2 aromatic carbocycles. The third kappa shape index (κ3) is 2.89. The summed E-state index contributed by atoms with van der Waals surface area (Å²) in [5.41, 5.74) is 3.67. The Labute approximate surface area is 166 Å². The molecule has 2 N–H and O–H groups in total. The number of carbonyl (C=O) groups is 2. The number of methoxy groups -OCH3 is 1. The van der Waals surface area contributed by atoms with Gasteiger partial charge in [0.25, 0.3) is 5.91 Å². The van der Waals surface area contributed by atoms with Crippen LogP contribution in [0.2, 0.25) is 0 Å². The van der Waals surface area contributed by atoms with Crippen LogP contribution in [-0.4, -0.2) is 24.5 Å². The zero-order valence-corrected chi connectivity index (χ0v) is 15.8. The molecule has 5 rings (SSSR count). The summed E-state index contributed by atoms with van der Waals surface area (Å²) in [5.74, 6) is -0.465. The van der Waals surface area contributed by atoms with E-state index in [0.29, 0.717) is 35.7 Å². The molecule has 0 unspecified atom stereocenters. The van der Waals surface area contributed by atoms with Crippen molar-refractivity contribution in [3.05, 3.63) is 64.5 Å². The van der Waals surface area contributed by atoms with Crippen LogP contribution in [-0.2, 0) is 32.2 Å². The number of amides is 1. The highest BCUT2D eigenvalue weighted by atomic mass is 19.1. The minimum Gasteiger partial charge on any atom is -0.487 e. The van der Waals surface area contributed by atoms with Gasteiger partial charge in [0, 0.05) is 28.9 Å². The van der Waals surface area contributed by atoms with E-state index in [1.54, 1.807) is 6.07 Å². The third-order valence-corrected chi connectivity index (χ3v) is 5.70. The number of halogens is 1. The van der Waals surface area contributed by atoms with Crippen molar-refractivity contribution in [1.82, 2.24) is 5.32 Å². The molecule has 3 aliphatic rings. The highest BCUT2D eigenvalue weighted by molar-refractivity contribution is 6.36. The molecule has 1 fully saturated rings. The summed E-state index contributed by atoms with van der Waals surface area (Å²) >= 11 is 0. The van der Waals surface area contributed by atoms with E-state index in [0.717, 1.165) is 29.5 Å². The highest BCUT2D eigenvalue weighted by Gasteiger charge is 2.50. The van der Waals surface area contributed by atoms with Gasteiger partial charge in [-0.2, -0.15) is 0 Å². The Kier molecular flexibility index (Phi) is 3.96. The van der Waals surface area contributed by atoms with E-state index in [4.69, 9.17) is 9.47 Å². The second kappa shape index (κ2) is 6.42. The van der Waals surface area contributed by atoms with Crippen LogP contribution in [0.25, 0.3) is 11.3 Å². The van der Waals surface area contributed by atoms with E-state index in [9.17, 15) is 14.0 Å². The summed E-state index contributed by atoms with van der Waals surface area (Å²) in [6.45, 7) is 0.866. The van der Waals surface area contributed by atoms with E-state index in [2.05, 4.69) is 10.6 Å². The van der Waals surface area contributed by atoms with Crippen molar-refractivity contribution in [3.8, 4) is 0 Å². The van der Waals surface area contributed by atoms with Crippen molar-refractivity contribution in [2.45, 2.75) is 31.5 Å². The summed E-state index contributed by atoms with van der Waals surface area (Å²) < 4.78 is 24.4. The summed E-state index contributed by atoms with van der Waals surface area (Å²) in [4.78, 5) is 24.4. The smallest absolute Gasteiger partial charge is 0.326 e. The maximum Gasteiger partial charge on any atom is 0.326 e. The quantitative estimate of drug-likeness (QED) is 0.616. The summed E-state index contributed by atoms with van der Waals surface area (Å²) in [6.07, 6.45) is 1.55. The van der Waals surface area contributed by atoms with Crippen LogP contribution < -0.4 is 10.6 Å². The molecule has 2 heterocycles. The Bertz CT molecular complexity index is 1090. The number of hydrogen-bond acceptors (Lipinski definition) is 5. The minimum absolute atomic E-state index is 0.229. The largest absolute Gasteiger partial charge is 0.487 e. The van der Waals surface area contributed by atoms with Crippen LogP contribution in [0.5, 0.6) is 0 Å². The van der Waals surface area contributed by atoms with Gasteiger partial charge in [0.05, 0.1) is 12.7 Å². The zero-order chi connectivity index (χ0) is 20.2. The number of fused-ring (bicyclic) bond motifs is 2. The van der Waals surface area contributed by atoms with Gasteiger partial charge in [-0.05, 0) is 36.6 Å². The molecule has 1 aliphatic carbocycles. The van der Waals surface area contributed by atoms with Gasteiger partial charge in [0.1, 0.15) is 23.7 Å². The molecule has 1 amide bonds. The SMILES string of the molecule is COC(=O)C1(NCc2ccc3c(c2)CO/C3=C2/C(=O)Nc3ccc(F)cc32)CC1. The summed E-state index contributed by atoms with van der Waals surface area (Å²) in [7, 11) is 1.40. The Morgan fingerprint density at radius 3 is 2.83 bits per heavy atom. The van der Waals surface area contributed by atoms with E-state index < -0.39 is 11.4 Å². The molecular weight excluding hydrogens is 375 g/mol. The first kappa shape index (κ1) is 17.9. The lowest BCUT2D eigenvalue weighted by atomic mass is 9.99. The van der Waals surface area contributed by atoms with Gasteiger partial charge in [-0.1, -0.05) is 18.2 Å². The van der Waals surface area contributed by atoms with Crippen molar-refractivity contribution in [1.29, 1.82) is 0 Å². The summed E-state index contributed by atoms with van der Waals surface area (Å²) in [5, 5.41) is 6.04. The molecule has 0 spiro atoms. The molecule has 7 heteroatoms. The number of nitrogens with one attached hydrogen (secondary N) is 2. The zero-order valence-electron chi connectivity index (χ0n) is 15.8. The van der Waals surface area contributed by atoms with Crippen molar-refractivity contribution < 1.29 is 23.5 Å². The van der Waals surface area contributed by atoms with Crippen LogP contribution in [0.4, 0.5) is 10.1 Å². The van der Waals surface area contributed by atoms with Crippen molar-refractivity contribution in [3.63, 3.8) is 0 Å². The van der Waals surface area contributed by atoms with E-state index in [1.807, 2.05) is 18.2 Å². The monoisotopic (exact) mass is 394 g/mol.